The number of thiocarbonyl (C=S) groups is 1. The minimum absolute atomic E-state index is 0.149. The minimum atomic E-state index is -0.457. The normalized spacial score (nSPS) is 10.3. The molecule has 0 fully saturated rings. The SMILES string of the molecule is NC(=S)c1ccc(Nc2cc(Cl)cc(Cl)c2)c(F)c1. The van der Waals surface area contributed by atoms with Gasteiger partial charge in [-0.2, -0.15) is 0 Å². The molecule has 2 nitrogen and oxygen atoms in total. The lowest BCUT2D eigenvalue weighted by molar-refractivity contribution is 0.631. The van der Waals surface area contributed by atoms with Crippen molar-refractivity contribution in [3.8, 4) is 0 Å². The average molecular weight is 315 g/mol. The van der Waals surface area contributed by atoms with Gasteiger partial charge in [0.05, 0.1) is 5.69 Å². The Morgan fingerprint density at radius 3 is 2.26 bits per heavy atom. The Hall–Kier alpha value is -1.36. The van der Waals surface area contributed by atoms with Gasteiger partial charge in [0.15, 0.2) is 0 Å². The molecule has 0 unspecified atom stereocenters. The number of rotatable bonds is 3. The van der Waals surface area contributed by atoms with E-state index < -0.39 is 5.82 Å². The van der Waals surface area contributed by atoms with Crippen molar-refractivity contribution in [3.05, 3.63) is 57.8 Å². The Labute approximate surface area is 125 Å². The van der Waals surface area contributed by atoms with E-state index in [2.05, 4.69) is 5.32 Å². The molecule has 3 N–H and O–H groups in total. The van der Waals surface area contributed by atoms with Crippen molar-refractivity contribution in [1.82, 2.24) is 0 Å². The van der Waals surface area contributed by atoms with E-state index in [4.69, 9.17) is 41.2 Å². The second-order valence-electron chi connectivity index (χ2n) is 3.84. The van der Waals surface area contributed by atoms with Gasteiger partial charge in [-0.25, -0.2) is 4.39 Å². The van der Waals surface area contributed by atoms with Crippen LogP contribution in [0.1, 0.15) is 5.56 Å². The molecule has 0 bridgehead atoms. The van der Waals surface area contributed by atoms with E-state index in [-0.39, 0.29) is 4.99 Å². The first-order valence-corrected chi connectivity index (χ1v) is 6.44. The van der Waals surface area contributed by atoms with Gasteiger partial charge in [-0.05, 0) is 36.4 Å². The third-order valence-corrected chi connectivity index (χ3v) is 3.07. The highest BCUT2D eigenvalue weighted by Gasteiger charge is 2.06. The molecule has 98 valence electrons. The molecule has 2 rings (SSSR count). The van der Waals surface area contributed by atoms with Crippen LogP contribution in [0.2, 0.25) is 10.0 Å². The number of halogens is 3. The molecule has 19 heavy (non-hydrogen) atoms. The highest BCUT2D eigenvalue weighted by atomic mass is 35.5. The average Bonchev–Trinajstić information content (AvgIpc) is 2.30. The molecule has 0 spiro atoms. The third-order valence-electron chi connectivity index (χ3n) is 2.40. The highest BCUT2D eigenvalue weighted by Crippen LogP contribution is 2.26. The maximum atomic E-state index is 13.9. The summed E-state index contributed by atoms with van der Waals surface area (Å²) in [6.07, 6.45) is 0. The van der Waals surface area contributed by atoms with Crippen molar-refractivity contribution in [3.63, 3.8) is 0 Å². The van der Waals surface area contributed by atoms with Gasteiger partial charge in [-0.1, -0.05) is 35.4 Å². The first kappa shape index (κ1) is 14.1. The molecule has 2 aromatic carbocycles. The molecule has 0 aliphatic rings. The van der Waals surface area contributed by atoms with Crippen LogP contribution in [-0.4, -0.2) is 4.99 Å². The molecule has 0 aliphatic heterocycles. The standard InChI is InChI=1S/C13H9Cl2FN2S/c14-8-4-9(15)6-10(5-8)18-12-2-1-7(13(17)19)3-11(12)16/h1-6,18H,(H2,17,19). The summed E-state index contributed by atoms with van der Waals surface area (Å²) in [5, 5.41) is 3.83. The van der Waals surface area contributed by atoms with Crippen LogP contribution in [0.4, 0.5) is 15.8 Å². The zero-order chi connectivity index (χ0) is 14.0. The van der Waals surface area contributed by atoms with E-state index >= 15 is 0 Å². The lowest BCUT2D eigenvalue weighted by Gasteiger charge is -2.09. The fourth-order valence-corrected chi connectivity index (χ4v) is 2.20. The second-order valence-corrected chi connectivity index (χ2v) is 5.15. The van der Waals surface area contributed by atoms with Crippen LogP contribution in [0.25, 0.3) is 0 Å². The summed E-state index contributed by atoms with van der Waals surface area (Å²) >= 11 is 16.5. The zero-order valence-corrected chi connectivity index (χ0v) is 11.9. The van der Waals surface area contributed by atoms with Crippen molar-refractivity contribution < 1.29 is 4.39 Å². The van der Waals surface area contributed by atoms with Gasteiger partial charge in [-0.3, -0.25) is 0 Å². The number of hydrogen-bond donors (Lipinski definition) is 2. The maximum absolute atomic E-state index is 13.9. The van der Waals surface area contributed by atoms with Crippen molar-refractivity contribution in [2.45, 2.75) is 0 Å². The van der Waals surface area contributed by atoms with Gasteiger partial charge >= 0.3 is 0 Å². The lowest BCUT2D eigenvalue weighted by Crippen LogP contribution is -2.09. The van der Waals surface area contributed by atoms with E-state index in [9.17, 15) is 4.39 Å². The maximum Gasteiger partial charge on any atom is 0.147 e. The van der Waals surface area contributed by atoms with Crippen LogP contribution in [0.15, 0.2) is 36.4 Å². The number of anilines is 2. The van der Waals surface area contributed by atoms with E-state index in [1.54, 1.807) is 30.3 Å². The summed E-state index contributed by atoms with van der Waals surface area (Å²) < 4.78 is 13.9. The molecule has 0 radical (unpaired) electrons. The Morgan fingerprint density at radius 2 is 1.74 bits per heavy atom. The van der Waals surface area contributed by atoms with Gasteiger partial charge in [0, 0.05) is 21.3 Å². The van der Waals surface area contributed by atoms with E-state index in [1.807, 2.05) is 0 Å². The summed E-state index contributed by atoms with van der Waals surface area (Å²) in [5.74, 6) is -0.457. The second kappa shape index (κ2) is 5.74. The summed E-state index contributed by atoms with van der Waals surface area (Å²) in [7, 11) is 0. The minimum Gasteiger partial charge on any atom is -0.389 e. The van der Waals surface area contributed by atoms with Crippen LogP contribution in [0, 0.1) is 5.82 Å². The van der Waals surface area contributed by atoms with Crippen molar-refractivity contribution in [2.75, 3.05) is 5.32 Å². The molecule has 6 heteroatoms. The Morgan fingerprint density at radius 1 is 1.11 bits per heavy atom. The highest BCUT2D eigenvalue weighted by molar-refractivity contribution is 7.80. The van der Waals surface area contributed by atoms with Crippen LogP contribution in [-0.2, 0) is 0 Å². The largest absolute Gasteiger partial charge is 0.389 e. The van der Waals surface area contributed by atoms with Crippen LogP contribution in [0.5, 0.6) is 0 Å². The quantitative estimate of drug-likeness (QED) is 0.819. The molecular formula is C13H9Cl2FN2S. The third kappa shape index (κ3) is 3.56. The van der Waals surface area contributed by atoms with Gasteiger partial charge in [-0.15, -0.1) is 0 Å². The molecule has 0 aliphatic carbocycles. The van der Waals surface area contributed by atoms with Crippen molar-refractivity contribution >= 4 is 51.8 Å². The molecule has 2 aromatic rings. The first-order valence-electron chi connectivity index (χ1n) is 5.28. The number of nitrogens with one attached hydrogen (secondary N) is 1. The van der Waals surface area contributed by atoms with Crippen LogP contribution >= 0.6 is 35.4 Å². The Bertz CT molecular complexity index is 626. The Balaban J connectivity index is 2.30. The molecule has 0 saturated carbocycles. The molecule has 0 aromatic heterocycles. The topological polar surface area (TPSA) is 38.0 Å². The van der Waals surface area contributed by atoms with Gasteiger partial charge in [0.25, 0.3) is 0 Å². The fraction of sp³-hybridized carbons (Fsp3) is 0. The predicted molar refractivity (Wildman–Crippen MR) is 82.0 cm³/mol. The fourth-order valence-electron chi connectivity index (χ4n) is 1.55. The molecule has 0 atom stereocenters. The summed E-state index contributed by atoms with van der Waals surface area (Å²) in [6.45, 7) is 0. The predicted octanol–water partition coefficient (Wildman–Crippen LogP) is 4.51. The molecular weight excluding hydrogens is 306 g/mol. The van der Waals surface area contributed by atoms with Crippen LogP contribution < -0.4 is 11.1 Å². The monoisotopic (exact) mass is 314 g/mol. The van der Waals surface area contributed by atoms with E-state index in [0.29, 0.717) is 27.0 Å². The smallest absolute Gasteiger partial charge is 0.147 e. The van der Waals surface area contributed by atoms with Crippen LogP contribution in [0.3, 0.4) is 0 Å². The molecule has 0 saturated heterocycles. The van der Waals surface area contributed by atoms with Gasteiger partial charge in [0.1, 0.15) is 10.8 Å². The summed E-state index contributed by atoms with van der Waals surface area (Å²) in [6, 6.07) is 9.36. The summed E-state index contributed by atoms with van der Waals surface area (Å²) in [5.41, 5.74) is 6.80. The zero-order valence-electron chi connectivity index (χ0n) is 9.58. The number of hydrogen-bond acceptors (Lipinski definition) is 2. The van der Waals surface area contributed by atoms with Gasteiger partial charge < -0.3 is 11.1 Å². The Kier molecular flexibility index (Phi) is 4.24. The van der Waals surface area contributed by atoms with E-state index in [1.165, 1.54) is 6.07 Å². The number of benzene rings is 2. The lowest BCUT2D eigenvalue weighted by atomic mass is 10.2. The van der Waals surface area contributed by atoms with Gasteiger partial charge in [0.2, 0.25) is 0 Å². The van der Waals surface area contributed by atoms with Crippen molar-refractivity contribution in [2.24, 2.45) is 5.73 Å². The number of nitrogens with two attached hydrogens (primary N) is 1. The van der Waals surface area contributed by atoms with E-state index in [0.717, 1.165) is 0 Å². The molecule has 0 heterocycles. The van der Waals surface area contributed by atoms with Crippen molar-refractivity contribution in [1.29, 1.82) is 0 Å². The summed E-state index contributed by atoms with van der Waals surface area (Å²) in [4.78, 5) is 0.149. The molecule has 0 amide bonds. The first-order chi connectivity index (χ1) is 8.95.